The van der Waals surface area contributed by atoms with Gasteiger partial charge in [-0.2, -0.15) is 0 Å². The van der Waals surface area contributed by atoms with E-state index >= 15 is 0 Å². The van der Waals surface area contributed by atoms with Crippen molar-refractivity contribution in [3.63, 3.8) is 0 Å². The number of nitrogens with two attached hydrogens (primary N) is 2. The number of carbonyl (C=O) groups is 2. The summed E-state index contributed by atoms with van der Waals surface area (Å²) in [7, 11) is 0. The number of azide groups is 2. The van der Waals surface area contributed by atoms with Crippen LogP contribution in [0.15, 0.2) is 34.5 Å². The van der Waals surface area contributed by atoms with Crippen molar-refractivity contribution in [1.29, 1.82) is 0 Å². The number of nitrogens with zero attached hydrogens (tertiary/aromatic N) is 9. The minimum absolute atomic E-state index is 0. The van der Waals surface area contributed by atoms with Gasteiger partial charge in [0.2, 0.25) is 5.24 Å². The largest absolute Gasteiger partial charge is 1.00 e. The molecule has 0 aromatic heterocycles. The fourth-order valence-electron chi connectivity index (χ4n) is 1.01. The molecule has 17 heteroatoms. The average Bonchev–Trinajstić information content (AvgIpc) is 2.76. The van der Waals surface area contributed by atoms with Gasteiger partial charge in [-0.05, 0) is 80.9 Å². The Bertz CT molecular complexity index is 650. The molecule has 0 rings (SSSR count). The van der Waals surface area contributed by atoms with Crippen molar-refractivity contribution in [1.82, 2.24) is 0 Å². The van der Waals surface area contributed by atoms with Gasteiger partial charge in [-0.3, -0.25) is 14.5 Å². The van der Waals surface area contributed by atoms with Crippen molar-refractivity contribution >= 4 is 46.6 Å². The van der Waals surface area contributed by atoms with Gasteiger partial charge in [-0.15, -0.1) is 24.0 Å². The second-order valence-electron chi connectivity index (χ2n) is 5.69. The Balaban J connectivity index is -0.0000000594. The summed E-state index contributed by atoms with van der Waals surface area (Å²) in [5, 5.41) is 6.16. The quantitative estimate of drug-likeness (QED) is 0.0526. The van der Waals surface area contributed by atoms with E-state index in [0.29, 0.717) is 49.6 Å². The molecule has 0 aliphatic heterocycles. The summed E-state index contributed by atoms with van der Waals surface area (Å²) in [4.78, 5) is 27.4. The van der Waals surface area contributed by atoms with Crippen molar-refractivity contribution in [3.8, 4) is 0 Å². The number of alkyl halides is 1. The summed E-state index contributed by atoms with van der Waals surface area (Å²) in [6.45, 7) is 12.4. The number of carbonyl (C=O) groups excluding carboxylic acids is 2. The Morgan fingerprint density at radius 2 is 1.23 bits per heavy atom. The van der Waals surface area contributed by atoms with E-state index in [0.717, 1.165) is 25.7 Å². The van der Waals surface area contributed by atoms with Gasteiger partial charge in [-0.1, -0.05) is 23.4 Å². The minimum atomic E-state index is -0.463. The smallest absolute Gasteiger partial charge is 0.373 e. The minimum Gasteiger partial charge on any atom is -0.373 e. The molecule has 196 valence electrons. The summed E-state index contributed by atoms with van der Waals surface area (Å²) in [6.07, 6.45) is 3.76. The second-order valence-corrected chi connectivity index (χ2v) is 6.41. The van der Waals surface area contributed by atoms with Crippen LogP contribution in [-0.2, 0) is 9.59 Å². The maximum atomic E-state index is 11.0. The van der Waals surface area contributed by atoms with E-state index in [-0.39, 0.29) is 47.7 Å². The molecular weight excluding hydrogens is 532 g/mol. The van der Waals surface area contributed by atoms with E-state index in [1.54, 1.807) is 13.8 Å². The van der Waals surface area contributed by atoms with Gasteiger partial charge in [0.05, 0.1) is 0 Å². The third-order valence-corrected chi connectivity index (χ3v) is 3.24. The molecule has 0 amide bonds. The molecule has 0 aliphatic carbocycles. The van der Waals surface area contributed by atoms with Crippen LogP contribution >= 0.6 is 35.6 Å². The molecule has 0 bridgehead atoms. The molecule has 0 saturated carbocycles. The number of allylic oxidation sites excluding steroid dienone is 2. The average molecular weight is 567 g/mol. The molecule has 35 heavy (non-hydrogen) atoms. The van der Waals surface area contributed by atoms with Crippen molar-refractivity contribution in [3.05, 3.63) is 61.2 Å². The van der Waals surface area contributed by atoms with Crippen molar-refractivity contribution in [2.75, 3.05) is 32.1 Å². The SMILES string of the molecule is C=C(C)C(=O)CCCCN=[N+]=[N-].C=C(C)C(=O)Cl.Cl.NCCCCl.[N-]=[N+]=NCCCN.[N-]=[N+]=[N-].[Na+]. The third kappa shape index (κ3) is 79.5. The van der Waals surface area contributed by atoms with E-state index in [1.807, 2.05) is 0 Å². The van der Waals surface area contributed by atoms with Crippen molar-refractivity contribution in [2.45, 2.75) is 46.0 Å². The molecule has 0 aromatic carbocycles. The van der Waals surface area contributed by atoms with Gasteiger partial charge >= 0.3 is 29.6 Å². The molecule has 13 nitrogen and oxygen atoms in total. The van der Waals surface area contributed by atoms with Gasteiger partial charge in [0, 0.05) is 40.8 Å². The molecule has 4 N–H and O–H groups in total. The Kier molecular flexibility index (Phi) is 71.5. The second kappa shape index (κ2) is 49.6. The van der Waals surface area contributed by atoms with E-state index in [4.69, 9.17) is 56.8 Å². The Morgan fingerprint density at radius 3 is 1.46 bits per heavy atom. The third-order valence-electron chi connectivity index (χ3n) is 2.65. The summed E-state index contributed by atoms with van der Waals surface area (Å²) in [5.41, 5.74) is 40.3. The predicted octanol–water partition coefficient (Wildman–Crippen LogP) is 3.45. The standard InChI is InChI=1S/C8H13N3O.C4H5ClO.C3H8ClN.C3H8N4.ClH.N3.Na/c1-7(2)8(12)5-3-4-6-10-11-9;1-3(2)4(5)6;4-2-1-3-5;4-2-1-3-6-7-5;;1-3-2;/h1,3-6H2,2H3;1H2,2H3;1-3,5H2;1-4H2;1H;;/q;;;;;-1;+1. The van der Waals surface area contributed by atoms with Crippen LogP contribution in [0.4, 0.5) is 0 Å². The van der Waals surface area contributed by atoms with Crippen LogP contribution in [0.3, 0.4) is 0 Å². The zero-order valence-corrected chi connectivity index (χ0v) is 25.0. The normalized spacial score (nSPS) is 7.26. The van der Waals surface area contributed by atoms with Crippen LogP contribution in [0.1, 0.15) is 46.0 Å². The number of ketones is 1. The molecule has 0 aromatic rings. The number of Topliss-reactive ketones (excluding diaryl/α,β-unsaturated/α-hetero) is 1. The first-order valence-corrected chi connectivity index (χ1v) is 10.5. The Hall–Kier alpha value is -1.46. The fourth-order valence-corrected chi connectivity index (χ4v) is 1.16. The molecule has 0 fully saturated rings. The van der Waals surface area contributed by atoms with Gasteiger partial charge in [0.1, 0.15) is 0 Å². The fraction of sp³-hybridized carbons (Fsp3) is 0.667. The topological polar surface area (TPSA) is 242 Å². The van der Waals surface area contributed by atoms with Gasteiger partial charge < -0.3 is 22.5 Å². The molecule has 0 unspecified atom stereocenters. The van der Waals surface area contributed by atoms with Crippen molar-refractivity contribution in [2.24, 2.45) is 21.7 Å². The van der Waals surface area contributed by atoms with E-state index in [9.17, 15) is 9.59 Å². The van der Waals surface area contributed by atoms with Crippen LogP contribution in [0.25, 0.3) is 36.9 Å². The molecule has 0 saturated heterocycles. The predicted molar refractivity (Wildman–Crippen MR) is 143 cm³/mol. The van der Waals surface area contributed by atoms with Crippen LogP contribution < -0.4 is 41.0 Å². The first-order valence-electron chi connectivity index (χ1n) is 9.57. The maximum absolute atomic E-state index is 11.0. The summed E-state index contributed by atoms with van der Waals surface area (Å²) >= 11 is 10.1. The van der Waals surface area contributed by atoms with Gasteiger partial charge in [-0.25, -0.2) is 0 Å². The number of rotatable bonds is 12. The van der Waals surface area contributed by atoms with Gasteiger partial charge in [0.15, 0.2) is 5.78 Å². The molecule has 0 heterocycles. The number of halogens is 3. The first-order chi connectivity index (χ1) is 15.6. The van der Waals surface area contributed by atoms with E-state index < -0.39 is 5.24 Å². The van der Waals surface area contributed by atoms with E-state index in [2.05, 4.69) is 33.2 Å². The summed E-state index contributed by atoms with van der Waals surface area (Å²) < 4.78 is 0. The molecule has 0 aliphatic rings. The summed E-state index contributed by atoms with van der Waals surface area (Å²) in [6, 6.07) is 0. The van der Waals surface area contributed by atoms with Crippen LogP contribution in [-0.4, -0.2) is 43.1 Å². The van der Waals surface area contributed by atoms with E-state index in [1.165, 1.54) is 4.91 Å². The monoisotopic (exact) mass is 565 g/mol. The van der Waals surface area contributed by atoms with Crippen LogP contribution in [0, 0.1) is 0 Å². The number of hydrogen-bond acceptors (Lipinski definition) is 6. The van der Waals surface area contributed by atoms with Crippen LogP contribution in [0.2, 0.25) is 0 Å². The van der Waals surface area contributed by atoms with Crippen LogP contribution in [0.5, 0.6) is 0 Å². The Labute approximate surface area is 245 Å². The molecular formula is C18H35Cl3N11NaO2. The summed E-state index contributed by atoms with van der Waals surface area (Å²) in [5.74, 6) is 0.784. The van der Waals surface area contributed by atoms with Crippen molar-refractivity contribution < 1.29 is 39.1 Å². The molecule has 0 spiro atoms. The van der Waals surface area contributed by atoms with Gasteiger partial charge in [0.25, 0.3) is 0 Å². The number of unbranched alkanes of at least 4 members (excludes halogenated alkanes) is 1. The maximum Gasteiger partial charge on any atom is 1.00 e. The Morgan fingerprint density at radius 1 is 0.857 bits per heavy atom. The number of hydrogen-bond donors (Lipinski definition) is 2. The molecule has 0 atom stereocenters. The zero-order chi connectivity index (χ0) is 26.9. The molecule has 0 radical (unpaired) electrons. The zero-order valence-electron chi connectivity index (χ0n) is 20.6. The first kappa shape index (κ1) is 50.4.